The lowest BCUT2D eigenvalue weighted by atomic mass is 10.0. The van der Waals surface area contributed by atoms with Crippen molar-refractivity contribution in [3.05, 3.63) is 12.2 Å². The highest BCUT2D eigenvalue weighted by atomic mass is 31.2. The van der Waals surface area contributed by atoms with E-state index < -0.39 is 26.5 Å². The van der Waals surface area contributed by atoms with E-state index in [1.54, 1.807) is 0 Å². The monoisotopic (exact) mass is 872 g/mol. The number of unbranched alkanes of at least 4 members (excludes halogenated alkanes) is 34. The lowest BCUT2D eigenvalue weighted by molar-refractivity contribution is -0.161. The number of phosphoric acid groups is 1. The summed E-state index contributed by atoms with van der Waals surface area (Å²) in [4.78, 5) is 35.0. The molecule has 60 heavy (non-hydrogen) atoms. The zero-order valence-electron chi connectivity index (χ0n) is 39.5. The summed E-state index contributed by atoms with van der Waals surface area (Å²) in [5, 5.41) is 0. The lowest BCUT2D eigenvalue weighted by Gasteiger charge is -2.19. The zero-order valence-corrected chi connectivity index (χ0v) is 40.4. The van der Waals surface area contributed by atoms with Crippen LogP contribution in [0.1, 0.15) is 264 Å². The van der Waals surface area contributed by atoms with Gasteiger partial charge < -0.3 is 20.1 Å². The number of hydrogen-bond donors (Lipinski definition) is 2. The summed E-state index contributed by atoms with van der Waals surface area (Å²) < 4.78 is 32.9. The molecule has 0 heterocycles. The third kappa shape index (κ3) is 46.3. The van der Waals surface area contributed by atoms with Crippen molar-refractivity contribution in [2.24, 2.45) is 5.73 Å². The molecule has 0 radical (unpaired) electrons. The van der Waals surface area contributed by atoms with Crippen LogP contribution in [0.15, 0.2) is 12.2 Å². The maximum Gasteiger partial charge on any atom is 0.472 e. The van der Waals surface area contributed by atoms with Gasteiger partial charge in [-0.25, -0.2) is 4.57 Å². The Morgan fingerprint density at radius 2 is 0.817 bits per heavy atom. The van der Waals surface area contributed by atoms with Gasteiger partial charge in [0, 0.05) is 19.4 Å². The van der Waals surface area contributed by atoms with Crippen molar-refractivity contribution in [3.8, 4) is 0 Å². The van der Waals surface area contributed by atoms with Gasteiger partial charge in [-0.1, -0.05) is 225 Å². The van der Waals surface area contributed by atoms with Crippen molar-refractivity contribution in [2.45, 2.75) is 270 Å². The molecular weight excluding hydrogens is 774 g/mol. The fourth-order valence-corrected chi connectivity index (χ4v) is 8.34. The first-order chi connectivity index (χ1) is 29.3. The molecule has 0 amide bonds. The fourth-order valence-electron chi connectivity index (χ4n) is 7.57. The topological polar surface area (TPSA) is 134 Å². The number of nitrogens with two attached hydrogens (primary N) is 1. The summed E-state index contributed by atoms with van der Waals surface area (Å²) >= 11 is 0. The Hall–Kier alpha value is -1.25. The van der Waals surface area contributed by atoms with E-state index in [-0.39, 0.29) is 38.6 Å². The molecule has 0 aliphatic heterocycles. The summed E-state index contributed by atoms with van der Waals surface area (Å²) in [6.07, 6.45) is 51.1. The molecule has 0 aromatic rings. The van der Waals surface area contributed by atoms with Crippen LogP contribution >= 0.6 is 7.82 Å². The number of rotatable bonds is 49. The van der Waals surface area contributed by atoms with Gasteiger partial charge in [0.2, 0.25) is 0 Å². The minimum absolute atomic E-state index is 0.0568. The first kappa shape index (κ1) is 58.8. The number of hydrogen-bond acceptors (Lipinski definition) is 8. The quantitative estimate of drug-likeness (QED) is 0.0265. The molecule has 0 aliphatic rings. The second-order valence-corrected chi connectivity index (χ2v) is 18.9. The molecule has 0 saturated heterocycles. The average molecular weight is 872 g/mol. The predicted molar refractivity (Wildman–Crippen MR) is 252 cm³/mol. The Morgan fingerprint density at radius 3 is 1.18 bits per heavy atom. The molecular formula is C50H98NO8P. The fraction of sp³-hybridized carbons (Fsp3) is 0.920. The molecule has 0 spiro atoms. The Bertz CT molecular complexity index is 995. The van der Waals surface area contributed by atoms with Crippen LogP contribution in [0.25, 0.3) is 0 Å². The smallest absolute Gasteiger partial charge is 0.462 e. The van der Waals surface area contributed by atoms with Gasteiger partial charge >= 0.3 is 19.8 Å². The van der Waals surface area contributed by atoms with Gasteiger partial charge in [0.25, 0.3) is 0 Å². The minimum atomic E-state index is -4.37. The molecule has 2 atom stereocenters. The largest absolute Gasteiger partial charge is 0.472 e. The number of carbonyl (C=O) groups excluding carboxylic acids is 2. The number of carbonyl (C=O) groups is 2. The molecule has 10 heteroatoms. The van der Waals surface area contributed by atoms with Crippen molar-refractivity contribution in [1.82, 2.24) is 0 Å². The van der Waals surface area contributed by atoms with Crippen LogP contribution in [0.4, 0.5) is 0 Å². The average Bonchev–Trinajstić information content (AvgIpc) is 3.24. The molecule has 0 saturated carbocycles. The Labute approximate surface area is 370 Å². The van der Waals surface area contributed by atoms with Gasteiger partial charge in [0.1, 0.15) is 6.61 Å². The normalized spacial score (nSPS) is 13.2. The third-order valence-electron chi connectivity index (χ3n) is 11.4. The number of esters is 2. The molecule has 0 aromatic carbocycles. The van der Waals surface area contributed by atoms with Crippen LogP contribution in [0.3, 0.4) is 0 Å². The minimum Gasteiger partial charge on any atom is -0.462 e. The highest BCUT2D eigenvalue weighted by Gasteiger charge is 2.26. The summed E-state index contributed by atoms with van der Waals surface area (Å²) in [6.45, 7) is 3.78. The molecule has 0 aliphatic carbocycles. The van der Waals surface area contributed by atoms with E-state index in [1.165, 1.54) is 199 Å². The SMILES string of the molecule is CCCCCCCCCC/C=C\CCCCCCCCCCCCCCCC(=O)OC(COC(=O)CCCCCCCCCCCCCCCC)COP(=O)(O)OCCN. The molecule has 0 rings (SSSR count). The maximum absolute atomic E-state index is 12.6. The molecule has 0 aromatic heterocycles. The summed E-state index contributed by atoms with van der Waals surface area (Å²) in [5.41, 5.74) is 5.36. The lowest BCUT2D eigenvalue weighted by Crippen LogP contribution is -2.29. The van der Waals surface area contributed by atoms with Crippen LogP contribution in [0.5, 0.6) is 0 Å². The van der Waals surface area contributed by atoms with Gasteiger partial charge in [-0.3, -0.25) is 18.6 Å². The maximum atomic E-state index is 12.6. The van der Waals surface area contributed by atoms with Crippen LogP contribution in [0, 0.1) is 0 Å². The van der Waals surface area contributed by atoms with Crippen molar-refractivity contribution in [1.29, 1.82) is 0 Å². The molecule has 0 fully saturated rings. The van der Waals surface area contributed by atoms with E-state index in [0.29, 0.717) is 6.42 Å². The van der Waals surface area contributed by atoms with Crippen LogP contribution in [0.2, 0.25) is 0 Å². The number of ether oxygens (including phenoxy) is 2. The van der Waals surface area contributed by atoms with Crippen LogP contribution in [-0.2, 0) is 32.7 Å². The molecule has 0 bridgehead atoms. The molecule has 3 N–H and O–H groups in total. The second kappa shape index (κ2) is 47.2. The van der Waals surface area contributed by atoms with Gasteiger partial charge in [0.05, 0.1) is 13.2 Å². The van der Waals surface area contributed by atoms with E-state index in [0.717, 1.165) is 32.1 Å². The standard InChI is InChI=1S/C50H98NO8P/c1-3-5-7-9-11-13-15-17-19-20-21-22-23-24-25-26-27-28-29-31-33-35-37-39-41-43-50(53)59-48(47-58-60(54,55)57-45-44-51)46-56-49(52)42-40-38-36-34-32-30-18-16-14-12-10-8-6-4-2/h20-21,48H,3-19,22-47,51H2,1-2H3,(H,54,55)/b21-20-. The molecule has 9 nitrogen and oxygen atoms in total. The van der Waals surface area contributed by atoms with Crippen molar-refractivity contribution >= 4 is 19.8 Å². The highest BCUT2D eigenvalue weighted by molar-refractivity contribution is 7.47. The highest BCUT2D eigenvalue weighted by Crippen LogP contribution is 2.43. The van der Waals surface area contributed by atoms with Gasteiger partial charge in [-0.2, -0.15) is 0 Å². The van der Waals surface area contributed by atoms with Crippen LogP contribution in [-0.4, -0.2) is 49.3 Å². The Kier molecular flexibility index (Phi) is 46.3. The Morgan fingerprint density at radius 1 is 0.483 bits per heavy atom. The van der Waals surface area contributed by atoms with Gasteiger partial charge in [0.15, 0.2) is 6.10 Å². The molecule has 2 unspecified atom stereocenters. The third-order valence-corrected chi connectivity index (χ3v) is 12.4. The van der Waals surface area contributed by atoms with Gasteiger partial charge in [-0.15, -0.1) is 0 Å². The van der Waals surface area contributed by atoms with Crippen molar-refractivity contribution < 1.29 is 37.6 Å². The summed E-state index contributed by atoms with van der Waals surface area (Å²) in [7, 11) is -4.37. The van der Waals surface area contributed by atoms with Crippen molar-refractivity contribution in [3.63, 3.8) is 0 Å². The number of allylic oxidation sites excluding steroid dienone is 2. The molecule has 356 valence electrons. The van der Waals surface area contributed by atoms with E-state index >= 15 is 0 Å². The predicted octanol–water partition coefficient (Wildman–Crippen LogP) is 15.3. The first-order valence-corrected chi connectivity index (χ1v) is 27.2. The zero-order chi connectivity index (χ0) is 43.9. The Balaban J connectivity index is 3.96. The van der Waals surface area contributed by atoms with Gasteiger partial charge in [-0.05, 0) is 38.5 Å². The van der Waals surface area contributed by atoms with E-state index in [2.05, 4.69) is 26.0 Å². The summed E-state index contributed by atoms with van der Waals surface area (Å²) in [5.74, 6) is -0.813. The first-order valence-electron chi connectivity index (χ1n) is 25.7. The second-order valence-electron chi connectivity index (χ2n) is 17.4. The van der Waals surface area contributed by atoms with E-state index in [4.69, 9.17) is 24.3 Å². The van der Waals surface area contributed by atoms with Crippen molar-refractivity contribution in [2.75, 3.05) is 26.4 Å². The number of phosphoric ester groups is 1. The summed E-state index contributed by atoms with van der Waals surface area (Å²) in [6, 6.07) is 0. The van der Waals surface area contributed by atoms with E-state index in [9.17, 15) is 19.0 Å². The van der Waals surface area contributed by atoms with E-state index in [1.807, 2.05) is 0 Å². The van der Waals surface area contributed by atoms with Crippen LogP contribution < -0.4 is 5.73 Å².